The third-order valence-corrected chi connectivity index (χ3v) is 5.46. The monoisotopic (exact) mass is 328 g/mol. The lowest BCUT2D eigenvalue weighted by atomic mass is 10.2. The van der Waals surface area contributed by atoms with Gasteiger partial charge in [-0.3, -0.25) is 0 Å². The van der Waals surface area contributed by atoms with Crippen molar-refractivity contribution < 1.29 is 12.8 Å². The average molecular weight is 329 g/mol. The summed E-state index contributed by atoms with van der Waals surface area (Å²) in [4.78, 5) is 0.147. The summed E-state index contributed by atoms with van der Waals surface area (Å²) in [5, 5.41) is 0.353. The zero-order chi connectivity index (χ0) is 15.6. The van der Waals surface area contributed by atoms with Gasteiger partial charge in [0.2, 0.25) is 10.0 Å². The standard InChI is InChI=1S/C14H17ClN2O3S/c1-10-12(5-6-20-10)9-17(2)21(18,19)13-4-3-11(8-16)14(15)7-13/h3-7H,8-9,16H2,1-2H3. The summed E-state index contributed by atoms with van der Waals surface area (Å²) in [6.07, 6.45) is 1.54. The molecule has 0 spiro atoms. The number of aryl methyl sites for hydroxylation is 1. The number of rotatable bonds is 5. The van der Waals surface area contributed by atoms with Gasteiger partial charge in [-0.05, 0) is 30.7 Å². The normalized spacial score (nSPS) is 12.0. The first-order valence-corrected chi connectivity index (χ1v) is 8.16. The second kappa shape index (κ2) is 6.19. The van der Waals surface area contributed by atoms with E-state index >= 15 is 0 Å². The summed E-state index contributed by atoms with van der Waals surface area (Å²) < 4.78 is 31.5. The van der Waals surface area contributed by atoms with Gasteiger partial charge in [-0.2, -0.15) is 4.31 Å². The van der Waals surface area contributed by atoms with E-state index < -0.39 is 10.0 Å². The summed E-state index contributed by atoms with van der Waals surface area (Å²) >= 11 is 6.03. The quantitative estimate of drug-likeness (QED) is 0.915. The topological polar surface area (TPSA) is 76.5 Å². The second-order valence-corrected chi connectivity index (χ2v) is 7.17. The van der Waals surface area contributed by atoms with E-state index in [-0.39, 0.29) is 18.0 Å². The van der Waals surface area contributed by atoms with Crippen LogP contribution in [-0.4, -0.2) is 19.8 Å². The second-order valence-electron chi connectivity index (χ2n) is 4.72. The fourth-order valence-electron chi connectivity index (χ4n) is 1.93. The van der Waals surface area contributed by atoms with E-state index in [0.717, 1.165) is 5.56 Å². The van der Waals surface area contributed by atoms with Crippen molar-refractivity contribution in [1.29, 1.82) is 0 Å². The molecule has 1 aromatic carbocycles. The molecule has 21 heavy (non-hydrogen) atoms. The first kappa shape index (κ1) is 16.0. The van der Waals surface area contributed by atoms with Crippen LogP contribution in [0.5, 0.6) is 0 Å². The van der Waals surface area contributed by atoms with Crippen molar-refractivity contribution in [1.82, 2.24) is 4.31 Å². The van der Waals surface area contributed by atoms with Crippen LogP contribution >= 0.6 is 11.6 Å². The van der Waals surface area contributed by atoms with Gasteiger partial charge in [0.05, 0.1) is 11.2 Å². The highest BCUT2D eigenvalue weighted by molar-refractivity contribution is 7.89. The van der Waals surface area contributed by atoms with Crippen LogP contribution < -0.4 is 5.73 Å². The maximum absolute atomic E-state index is 12.5. The predicted molar refractivity (Wildman–Crippen MR) is 81.4 cm³/mol. The minimum atomic E-state index is -3.61. The van der Waals surface area contributed by atoms with Crippen molar-refractivity contribution in [2.24, 2.45) is 5.73 Å². The van der Waals surface area contributed by atoms with Gasteiger partial charge in [0, 0.05) is 30.7 Å². The molecule has 2 N–H and O–H groups in total. The average Bonchev–Trinajstić information content (AvgIpc) is 2.84. The van der Waals surface area contributed by atoms with Gasteiger partial charge in [0.1, 0.15) is 5.76 Å². The molecule has 1 aromatic heterocycles. The Morgan fingerprint density at radius 1 is 1.29 bits per heavy atom. The molecule has 5 nitrogen and oxygen atoms in total. The van der Waals surface area contributed by atoms with E-state index in [4.69, 9.17) is 21.8 Å². The van der Waals surface area contributed by atoms with Gasteiger partial charge in [0.25, 0.3) is 0 Å². The molecule has 0 radical (unpaired) electrons. The Kier molecular flexibility index (Phi) is 4.73. The van der Waals surface area contributed by atoms with E-state index in [1.54, 1.807) is 19.1 Å². The van der Waals surface area contributed by atoms with Gasteiger partial charge in [-0.1, -0.05) is 17.7 Å². The van der Waals surface area contributed by atoms with Crippen LogP contribution in [0.3, 0.4) is 0 Å². The molecule has 0 saturated carbocycles. The lowest BCUT2D eigenvalue weighted by Gasteiger charge is -2.17. The van der Waals surface area contributed by atoms with Crippen LogP contribution in [0, 0.1) is 6.92 Å². The molecule has 0 aliphatic rings. The molecule has 7 heteroatoms. The Labute approximate surface area is 129 Å². The molecule has 0 atom stereocenters. The number of furan rings is 1. The number of halogens is 1. The number of nitrogens with two attached hydrogens (primary N) is 1. The summed E-state index contributed by atoms with van der Waals surface area (Å²) in [7, 11) is -2.09. The molecule has 0 aliphatic heterocycles. The van der Waals surface area contributed by atoms with Crippen LogP contribution in [0.25, 0.3) is 0 Å². The first-order chi connectivity index (χ1) is 9.86. The van der Waals surface area contributed by atoms with Crippen molar-refractivity contribution in [3.8, 4) is 0 Å². The molecule has 2 rings (SSSR count). The van der Waals surface area contributed by atoms with E-state index in [1.807, 2.05) is 0 Å². The van der Waals surface area contributed by atoms with Gasteiger partial charge in [-0.25, -0.2) is 8.42 Å². The molecule has 0 aliphatic carbocycles. The van der Waals surface area contributed by atoms with E-state index in [1.165, 1.54) is 29.7 Å². The smallest absolute Gasteiger partial charge is 0.243 e. The Morgan fingerprint density at radius 2 is 2.00 bits per heavy atom. The van der Waals surface area contributed by atoms with Crippen LogP contribution in [0.2, 0.25) is 5.02 Å². The summed E-state index contributed by atoms with van der Waals surface area (Å²) in [5.41, 5.74) is 7.06. The number of hydrogen-bond acceptors (Lipinski definition) is 4. The van der Waals surface area contributed by atoms with Crippen LogP contribution in [0.4, 0.5) is 0 Å². The third kappa shape index (κ3) is 3.29. The fraction of sp³-hybridized carbons (Fsp3) is 0.286. The minimum absolute atomic E-state index is 0.147. The van der Waals surface area contributed by atoms with Crippen LogP contribution in [0.1, 0.15) is 16.9 Å². The first-order valence-electron chi connectivity index (χ1n) is 6.34. The van der Waals surface area contributed by atoms with E-state index in [0.29, 0.717) is 16.3 Å². The highest BCUT2D eigenvalue weighted by Crippen LogP contribution is 2.24. The Balaban J connectivity index is 2.29. The van der Waals surface area contributed by atoms with E-state index in [9.17, 15) is 8.42 Å². The van der Waals surface area contributed by atoms with Gasteiger partial charge >= 0.3 is 0 Å². The van der Waals surface area contributed by atoms with Crippen molar-refractivity contribution in [2.75, 3.05) is 7.05 Å². The molecular formula is C14H17ClN2O3S. The summed E-state index contributed by atoms with van der Waals surface area (Å²) in [5.74, 6) is 0.702. The maximum Gasteiger partial charge on any atom is 0.243 e. The number of nitrogens with zero attached hydrogens (tertiary/aromatic N) is 1. The number of hydrogen-bond donors (Lipinski definition) is 1. The molecular weight excluding hydrogens is 312 g/mol. The molecule has 0 fully saturated rings. The van der Waals surface area contributed by atoms with Gasteiger partial charge in [-0.15, -0.1) is 0 Å². The molecule has 1 heterocycles. The fourth-order valence-corrected chi connectivity index (χ4v) is 3.43. The van der Waals surface area contributed by atoms with Crippen LogP contribution in [0.15, 0.2) is 39.8 Å². The molecule has 0 amide bonds. The Morgan fingerprint density at radius 3 is 2.52 bits per heavy atom. The van der Waals surface area contributed by atoms with Crippen molar-refractivity contribution in [2.45, 2.75) is 24.9 Å². The Hall–Kier alpha value is -1.34. The highest BCUT2D eigenvalue weighted by Gasteiger charge is 2.22. The minimum Gasteiger partial charge on any atom is -0.469 e. The lowest BCUT2D eigenvalue weighted by molar-refractivity contribution is 0.459. The molecule has 0 saturated heterocycles. The zero-order valence-corrected chi connectivity index (χ0v) is 13.4. The zero-order valence-electron chi connectivity index (χ0n) is 11.8. The van der Waals surface area contributed by atoms with E-state index in [2.05, 4.69) is 0 Å². The number of sulfonamides is 1. The largest absolute Gasteiger partial charge is 0.469 e. The van der Waals surface area contributed by atoms with Gasteiger partial charge in [0.15, 0.2) is 0 Å². The number of benzene rings is 1. The third-order valence-electron chi connectivity index (χ3n) is 3.31. The molecule has 2 aromatic rings. The molecule has 0 unspecified atom stereocenters. The molecule has 114 valence electrons. The lowest BCUT2D eigenvalue weighted by Crippen LogP contribution is -2.26. The highest BCUT2D eigenvalue weighted by atomic mass is 35.5. The SMILES string of the molecule is Cc1occc1CN(C)S(=O)(=O)c1ccc(CN)c(Cl)c1. The molecule has 0 bridgehead atoms. The van der Waals surface area contributed by atoms with Crippen molar-refractivity contribution in [3.05, 3.63) is 52.4 Å². The summed E-state index contributed by atoms with van der Waals surface area (Å²) in [6.45, 7) is 2.30. The van der Waals surface area contributed by atoms with Crippen molar-refractivity contribution >= 4 is 21.6 Å². The summed E-state index contributed by atoms with van der Waals surface area (Å²) in [6, 6.07) is 6.33. The van der Waals surface area contributed by atoms with Crippen LogP contribution in [-0.2, 0) is 23.1 Å². The van der Waals surface area contributed by atoms with Crippen molar-refractivity contribution in [3.63, 3.8) is 0 Å². The van der Waals surface area contributed by atoms with Gasteiger partial charge < -0.3 is 10.2 Å². The maximum atomic E-state index is 12.5. The predicted octanol–water partition coefficient (Wildman–Crippen LogP) is 2.52. The Bertz CT molecular complexity index is 740.